The summed E-state index contributed by atoms with van der Waals surface area (Å²) in [4.78, 5) is 31.0. The zero-order chi connectivity index (χ0) is 28.1. The molecule has 1 saturated heterocycles. The lowest BCUT2D eigenvalue weighted by Gasteiger charge is -2.31. The summed E-state index contributed by atoms with van der Waals surface area (Å²) in [7, 11) is 3.54. The van der Waals surface area contributed by atoms with Crippen LogP contribution in [0.15, 0.2) is 72.0 Å². The number of nitrogens with zero attached hydrogens (tertiary/aromatic N) is 5. The molecule has 1 atom stereocenters. The Morgan fingerprint density at radius 1 is 1.07 bits per heavy atom. The Bertz CT molecular complexity index is 1370. The van der Waals surface area contributed by atoms with Gasteiger partial charge in [-0.05, 0) is 42.0 Å². The number of benzene rings is 2. The van der Waals surface area contributed by atoms with Gasteiger partial charge in [-0.3, -0.25) is 14.5 Å². The van der Waals surface area contributed by atoms with E-state index in [1.54, 1.807) is 19.2 Å². The molecule has 1 unspecified atom stereocenters. The number of ether oxygens (including phenoxy) is 2. The number of carbonyl (C=O) groups is 2. The molecule has 2 aliphatic heterocycles. The molecule has 40 heavy (non-hydrogen) atoms. The maximum absolute atomic E-state index is 14.6. The third-order valence-corrected chi connectivity index (χ3v) is 7.41. The van der Waals surface area contributed by atoms with E-state index >= 15 is 0 Å². The average molecular weight is 548 g/mol. The molecule has 1 fully saturated rings. The lowest BCUT2D eigenvalue weighted by Crippen LogP contribution is -2.46. The van der Waals surface area contributed by atoms with Crippen molar-refractivity contribution in [2.75, 3.05) is 53.0 Å². The highest BCUT2D eigenvalue weighted by Crippen LogP contribution is 2.34. The number of hydrazone groups is 1. The molecule has 0 saturated carbocycles. The van der Waals surface area contributed by atoms with E-state index < -0.39 is 11.7 Å². The first-order valence-corrected chi connectivity index (χ1v) is 13.4. The number of aryl methyl sites for hydroxylation is 1. The van der Waals surface area contributed by atoms with Crippen molar-refractivity contribution >= 4 is 17.5 Å². The number of rotatable bonds is 9. The predicted octanol–water partition coefficient (Wildman–Crippen LogP) is 3.33. The summed E-state index contributed by atoms with van der Waals surface area (Å²) < 4.78 is 27.3. The molecule has 2 aromatic carbocycles. The zero-order valence-electron chi connectivity index (χ0n) is 22.8. The second-order valence-corrected chi connectivity index (χ2v) is 9.94. The second-order valence-electron chi connectivity index (χ2n) is 9.94. The van der Waals surface area contributed by atoms with Crippen LogP contribution < -0.4 is 4.74 Å². The monoisotopic (exact) mass is 547 g/mol. The smallest absolute Gasteiger partial charge is 0.262 e. The molecule has 0 bridgehead atoms. The molecule has 5 rings (SSSR count). The van der Waals surface area contributed by atoms with Gasteiger partial charge < -0.3 is 18.9 Å². The van der Waals surface area contributed by atoms with E-state index in [9.17, 15) is 14.0 Å². The number of halogens is 1. The first kappa shape index (κ1) is 27.5. The standard InChI is InChI=1S/C30H34FN5O4/c1-33-13-5-8-27(33)26-20-28(22-9-11-23(39-2)12-10-22)36(32-26)29(37)21-35(15-14-34-16-18-40-19-17-34)30(38)24-6-3-4-7-25(24)31/h3-13,28H,14-21H2,1-2H3. The Hall–Kier alpha value is -4.02. The molecule has 2 aliphatic rings. The van der Waals surface area contributed by atoms with Crippen LogP contribution in [0.25, 0.3) is 0 Å². The van der Waals surface area contributed by atoms with Crippen molar-refractivity contribution in [3.05, 3.63) is 89.5 Å². The molecular formula is C30H34FN5O4. The summed E-state index contributed by atoms with van der Waals surface area (Å²) in [5.74, 6) is -0.756. The minimum atomic E-state index is -0.613. The lowest BCUT2D eigenvalue weighted by molar-refractivity contribution is -0.133. The maximum Gasteiger partial charge on any atom is 0.262 e. The van der Waals surface area contributed by atoms with Crippen LogP contribution >= 0.6 is 0 Å². The fourth-order valence-corrected chi connectivity index (χ4v) is 5.12. The van der Waals surface area contributed by atoms with E-state index in [1.807, 2.05) is 54.2 Å². The number of hydrogen-bond donors (Lipinski definition) is 0. The topological polar surface area (TPSA) is 79.6 Å². The van der Waals surface area contributed by atoms with Crippen LogP contribution in [0.3, 0.4) is 0 Å². The van der Waals surface area contributed by atoms with E-state index in [1.165, 1.54) is 22.0 Å². The number of methoxy groups -OCH3 is 1. The van der Waals surface area contributed by atoms with E-state index in [-0.39, 0.29) is 30.6 Å². The Morgan fingerprint density at radius 2 is 1.82 bits per heavy atom. The number of hydrogen-bond acceptors (Lipinski definition) is 6. The maximum atomic E-state index is 14.6. The Labute approximate surface area is 233 Å². The quantitative estimate of drug-likeness (QED) is 0.411. The Morgan fingerprint density at radius 3 is 2.50 bits per heavy atom. The molecule has 9 nitrogen and oxygen atoms in total. The molecule has 3 aromatic rings. The predicted molar refractivity (Wildman–Crippen MR) is 149 cm³/mol. The van der Waals surface area contributed by atoms with Crippen LogP contribution in [0.5, 0.6) is 5.75 Å². The van der Waals surface area contributed by atoms with Crippen molar-refractivity contribution in [1.82, 2.24) is 19.4 Å². The molecule has 1 aromatic heterocycles. The third-order valence-electron chi connectivity index (χ3n) is 7.41. The van der Waals surface area contributed by atoms with Crippen molar-refractivity contribution in [1.29, 1.82) is 0 Å². The minimum Gasteiger partial charge on any atom is -0.497 e. The van der Waals surface area contributed by atoms with Crippen molar-refractivity contribution in [2.45, 2.75) is 12.5 Å². The number of carbonyl (C=O) groups excluding carboxylic acids is 2. The first-order chi connectivity index (χ1) is 19.4. The van der Waals surface area contributed by atoms with E-state index in [4.69, 9.17) is 14.6 Å². The summed E-state index contributed by atoms with van der Waals surface area (Å²) in [5.41, 5.74) is 2.54. The van der Waals surface area contributed by atoms with E-state index in [0.29, 0.717) is 31.9 Å². The molecule has 3 heterocycles. The average Bonchev–Trinajstić information content (AvgIpc) is 3.62. The van der Waals surface area contributed by atoms with Crippen molar-refractivity contribution < 1.29 is 23.5 Å². The Kier molecular flexibility index (Phi) is 8.57. The van der Waals surface area contributed by atoms with Crippen LogP contribution in [-0.4, -0.2) is 89.9 Å². The minimum absolute atomic E-state index is 0.0570. The lowest BCUT2D eigenvalue weighted by atomic mass is 10.0. The fourth-order valence-electron chi connectivity index (χ4n) is 5.12. The number of morpholine rings is 1. The van der Waals surface area contributed by atoms with Crippen LogP contribution in [0, 0.1) is 5.82 Å². The van der Waals surface area contributed by atoms with Gasteiger partial charge in [-0.1, -0.05) is 24.3 Å². The van der Waals surface area contributed by atoms with Gasteiger partial charge in [0.15, 0.2) is 0 Å². The molecule has 2 amide bonds. The molecule has 0 N–H and O–H groups in total. The van der Waals surface area contributed by atoms with Crippen molar-refractivity contribution in [3.63, 3.8) is 0 Å². The molecule has 0 aliphatic carbocycles. The zero-order valence-corrected chi connectivity index (χ0v) is 22.8. The number of amides is 2. The highest BCUT2D eigenvalue weighted by Gasteiger charge is 2.35. The van der Waals surface area contributed by atoms with Gasteiger partial charge in [-0.2, -0.15) is 5.10 Å². The third kappa shape index (κ3) is 6.08. The highest BCUT2D eigenvalue weighted by molar-refractivity contribution is 6.02. The molecule has 0 radical (unpaired) electrons. The van der Waals surface area contributed by atoms with Gasteiger partial charge >= 0.3 is 0 Å². The largest absolute Gasteiger partial charge is 0.497 e. The van der Waals surface area contributed by atoms with Gasteiger partial charge in [0, 0.05) is 45.8 Å². The Balaban J connectivity index is 1.42. The van der Waals surface area contributed by atoms with Gasteiger partial charge in [0.05, 0.1) is 43.3 Å². The second kappa shape index (κ2) is 12.4. The van der Waals surface area contributed by atoms with Crippen LogP contribution in [-0.2, 0) is 16.6 Å². The van der Waals surface area contributed by atoms with Crippen LogP contribution in [0.4, 0.5) is 4.39 Å². The van der Waals surface area contributed by atoms with E-state index in [2.05, 4.69) is 4.90 Å². The van der Waals surface area contributed by atoms with Crippen LogP contribution in [0.1, 0.15) is 34.1 Å². The molecule has 0 spiro atoms. The van der Waals surface area contributed by atoms with Gasteiger partial charge in [0.25, 0.3) is 11.8 Å². The molecule has 10 heteroatoms. The highest BCUT2D eigenvalue weighted by atomic mass is 19.1. The van der Waals surface area contributed by atoms with Crippen molar-refractivity contribution in [2.24, 2.45) is 12.1 Å². The molecular weight excluding hydrogens is 513 g/mol. The van der Waals surface area contributed by atoms with Crippen LogP contribution in [0.2, 0.25) is 0 Å². The summed E-state index contributed by atoms with van der Waals surface area (Å²) in [6.45, 7) is 3.32. The molecule has 210 valence electrons. The summed E-state index contributed by atoms with van der Waals surface area (Å²) in [6, 6.07) is 17.0. The summed E-state index contributed by atoms with van der Waals surface area (Å²) in [6.07, 6.45) is 2.45. The van der Waals surface area contributed by atoms with Gasteiger partial charge in [0.1, 0.15) is 18.1 Å². The van der Waals surface area contributed by atoms with Gasteiger partial charge in [-0.15, -0.1) is 0 Å². The number of aromatic nitrogens is 1. The summed E-state index contributed by atoms with van der Waals surface area (Å²) >= 11 is 0. The normalized spacial score (nSPS) is 17.5. The SMILES string of the molecule is COc1ccc(C2CC(c3cccn3C)=NN2C(=O)CN(CCN2CCOCC2)C(=O)c2ccccc2F)cc1. The summed E-state index contributed by atoms with van der Waals surface area (Å²) in [5, 5.41) is 6.23. The fraction of sp³-hybridized carbons (Fsp3) is 0.367. The van der Waals surface area contributed by atoms with Gasteiger partial charge in [-0.25, -0.2) is 9.40 Å². The first-order valence-electron chi connectivity index (χ1n) is 13.4. The van der Waals surface area contributed by atoms with Crippen molar-refractivity contribution in [3.8, 4) is 5.75 Å². The van der Waals surface area contributed by atoms with Gasteiger partial charge in [0.2, 0.25) is 0 Å². The van der Waals surface area contributed by atoms with E-state index in [0.717, 1.165) is 30.1 Å².